The van der Waals surface area contributed by atoms with Crippen LogP contribution in [0.3, 0.4) is 0 Å². The Kier molecular flexibility index (Phi) is 7.28. The summed E-state index contributed by atoms with van der Waals surface area (Å²) in [5, 5.41) is 0. The Morgan fingerprint density at radius 3 is 1.30 bits per heavy atom. The number of aryl methyl sites for hydroxylation is 2. The van der Waals surface area contributed by atoms with Crippen molar-refractivity contribution in [1.29, 1.82) is 0 Å². The first-order chi connectivity index (χ1) is 9.74. The molecule has 0 aromatic heterocycles. The van der Waals surface area contributed by atoms with Crippen molar-refractivity contribution in [3.63, 3.8) is 0 Å². The molecule has 2 aromatic carbocycles. The highest BCUT2D eigenvalue weighted by Crippen LogP contribution is 2.45. The van der Waals surface area contributed by atoms with E-state index >= 15 is 0 Å². The maximum atomic E-state index is 2.22. The van der Waals surface area contributed by atoms with E-state index in [9.17, 15) is 0 Å². The molecule has 106 valence electrons. The highest BCUT2D eigenvalue weighted by molar-refractivity contribution is 9.25. The zero-order chi connectivity index (χ0) is 14.2. The molecule has 0 aliphatic carbocycles. The van der Waals surface area contributed by atoms with Gasteiger partial charge in [-0.3, -0.25) is 0 Å². The smallest absolute Gasteiger partial charge is 0.0297 e. The third-order valence-corrected chi connectivity index (χ3v) is 9.15. The van der Waals surface area contributed by atoms with Gasteiger partial charge in [0, 0.05) is 11.5 Å². The lowest BCUT2D eigenvalue weighted by molar-refractivity contribution is 1.37. The van der Waals surface area contributed by atoms with Crippen LogP contribution in [0.5, 0.6) is 0 Å². The summed E-state index contributed by atoms with van der Waals surface area (Å²) < 4.78 is 0. The Morgan fingerprint density at radius 2 is 0.950 bits per heavy atom. The van der Waals surface area contributed by atoms with E-state index in [-0.39, 0.29) is 0 Å². The van der Waals surface area contributed by atoms with Gasteiger partial charge in [0.2, 0.25) is 0 Å². The average Bonchev–Trinajstić information content (AvgIpc) is 2.46. The molecule has 0 nitrogen and oxygen atoms in total. The van der Waals surface area contributed by atoms with E-state index in [2.05, 4.69) is 62.4 Å². The highest BCUT2D eigenvalue weighted by Gasteiger charge is 1.97. The Bertz CT molecular complexity index is 456. The van der Waals surface area contributed by atoms with E-state index in [1.54, 1.807) is 0 Å². The summed E-state index contributed by atoms with van der Waals surface area (Å²) in [6.07, 6.45) is 0. The van der Waals surface area contributed by atoms with Crippen LogP contribution >= 0.6 is 41.2 Å². The topological polar surface area (TPSA) is 0 Å². The van der Waals surface area contributed by atoms with Crippen LogP contribution in [-0.4, -0.2) is 0 Å². The minimum Gasteiger partial charge on any atom is -0.0769 e. The number of rotatable bonds is 7. The van der Waals surface area contributed by atoms with Gasteiger partial charge in [0.15, 0.2) is 0 Å². The summed E-state index contributed by atoms with van der Waals surface area (Å²) >= 11 is 0. The monoisotopic (exact) mass is 338 g/mol. The first-order valence-corrected chi connectivity index (χ1v) is 11.6. The van der Waals surface area contributed by atoms with Crippen LogP contribution in [0, 0.1) is 13.8 Å². The van der Waals surface area contributed by atoms with Crippen molar-refractivity contribution in [2.45, 2.75) is 25.4 Å². The van der Waals surface area contributed by atoms with E-state index in [4.69, 9.17) is 0 Å². The van der Waals surface area contributed by atoms with Crippen LogP contribution < -0.4 is 0 Å². The quantitative estimate of drug-likeness (QED) is 0.407. The average molecular weight is 339 g/mol. The Labute approximate surface area is 137 Å². The van der Waals surface area contributed by atoms with Gasteiger partial charge >= 0.3 is 0 Å². The molecule has 0 N–H and O–H groups in total. The normalized spacial score (nSPS) is 10.7. The number of benzene rings is 2. The first-order valence-electron chi connectivity index (χ1n) is 6.43. The van der Waals surface area contributed by atoms with Crippen molar-refractivity contribution < 1.29 is 0 Å². The van der Waals surface area contributed by atoms with Gasteiger partial charge in [0.05, 0.1) is 0 Å². The maximum absolute atomic E-state index is 2.22. The molecule has 0 aliphatic rings. The second-order valence-corrected chi connectivity index (χ2v) is 10.6. The summed E-state index contributed by atoms with van der Waals surface area (Å²) in [5.41, 5.74) is 5.46. The van der Waals surface area contributed by atoms with Crippen molar-refractivity contribution in [3.8, 4) is 0 Å². The van der Waals surface area contributed by atoms with Crippen molar-refractivity contribution in [2.75, 3.05) is 0 Å². The van der Waals surface area contributed by atoms with E-state index in [1.807, 2.05) is 41.2 Å². The first kappa shape index (κ1) is 16.2. The molecule has 0 spiro atoms. The van der Waals surface area contributed by atoms with Gasteiger partial charge in [-0.25, -0.2) is 0 Å². The molecule has 2 aromatic rings. The van der Waals surface area contributed by atoms with Gasteiger partial charge in [-0.15, -0.1) is 0 Å². The molecule has 4 heteroatoms. The lowest BCUT2D eigenvalue weighted by Gasteiger charge is -2.02. The summed E-state index contributed by atoms with van der Waals surface area (Å²) in [4.78, 5) is 0. The molecule has 0 bridgehead atoms. The summed E-state index contributed by atoms with van der Waals surface area (Å²) in [5.74, 6) is 2.14. The predicted molar refractivity (Wildman–Crippen MR) is 100 cm³/mol. The van der Waals surface area contributed by atoms with Crippen LogP contribution in [0.1, 0.15) is 22.3 Å². The summed E-state index contributed by atoms with van der Waals surface area (Å²) in [7, 11) is 7.56. The molecule has 2 rings (SSSR count). The van der Waals surface area contributed by atoms with E-state index in [0.717, 1.165) is 11.5 Å². The highest BCUT2D eigenvalue weighted by atomic mass is 33.7. The molecule has 0 fully saturated rings. The van der Waals surface area contributed by atoms with Crippen molar-refractivity contribution in [3.05, 3.63) is 70.8 Å². The molecular weight excluding hydrogens is 320 g/mol. The molecule has 0 saturated heterocycles. The van der Waals surface area contributed by atoms with E-state index in [0.29, 0.717) is 0 Å². The SMILES string of the molecule is Cc1ccc(CSSSSCc2ccc(C)cc2)cc1. The second-order valence-electron chi connectivity index (χ2n) is 4.63. The van der Waals surface area contributed by atoms with Gasteiger partial charge in [0.1, 0.15) is 0 Å². The Hall–Kier alpha value is -0.160. The van der Waals surface area contributed by atoms with Crippen LogP contribution in [0.15, 0.2) is 48.5 Å². The zero-order valence-corrected chi connectivity index (χ0v) is 14.9. The van der Waals surface area contributed by atoms with Crippen LogP contribution in [0.2, 0.25) is 0 Å². The largest absolute Gasteiger partial charge is 0.0769 e. The van der Waals surface area contributed by atoms with Gasteiger partial charge < -0.3 is 0 Å². The van der Waals surface area contributed by atoms with E-state index in [1.165, 1.54) is 22.3 Å². The Balaban J connectivity index is 1.57. The van der Waals surface area contributed by atoms with Gasteiger partial charge in [-0.1, -0.05) is 81.2 Å². The number of hydrogen-bond acceptors (Lipinski definition) is 4. The Morgan fingerprint density at radius 1 is 0.600 bits per heavy atom. The lowest BCUT2D eigenvalue weighted by atomic mass is 10.2. The second kappa shape index (κ2) is 8.98. The van der Waals surface area contributed by atoms with E-state index < -0.39 is 0 Å². The molecule has 0 heterocycles. The van der Waals surface area contributed by atoms with Crippen molar-refractivity contribution in [2.24, 2.45) is 0 Å². The minimum absolute atomic E-state index is 1.07. The van der Waals surface area contributed by atoms with Crippen molar-refractivity contribution in [1.82, 2.24) is 0 Å². The predicted octanol–water partition coefficient (Wildman–Crippen LogP) is 6.68. The maximum Gasteiger partial charge on any atom is 0.0297 e. The van der Waals surface area contributed by atoms with Crippen LogP contribution in [0.4, 0.5) is 0 Å². The molecule has 20 heavy (non-hydrogen) atoms. The van der Waals surface area contributed by atoms with Gasteiger partial charge in [-0.05, 0) is 44.6 Å². The summed E-state index contributed by atoms with van der Waals surface area (Å²) in [6, 6.07) is 17.6. The van der Waals surface area contributed by atoms with Gasteiger partial charge in [0.25, 0.3) is 0 Å². The van der Waals surface area contributed by atoms with Crippen LogP contribution in [-0.2, 0) is 11.5 Å². The fourth-order valence-corrected chi connectivity index (χ4v) is 7.46. The van der Waals surface area contributed by atoms with Gasteiger partial charge in [-0.2, -0.15) is 0 Å². The lowest BCUT2D eigenvalue weighted by Crippen LogP contribution is -1.78. The van der Waals surface area contributed by atoms with Crippen molar-refractivity contribution >= 4 is 41.2 Å². The minimum atomic E-state index is 1.07. The molecule has 0 unspecified atom stereocenters. The fraction of sp³-hybridized carbons (Fsp3) is 0.250. The molecule has 0 radical (unpaired) electrons. The molecule has 0 saturated carbocycles. The third kappa shape index (κ3) is 6.08. The molecule has 0 amide bonds. The zero-order valence-electron chi connectivity index (χ0n) is 11.7. The molecular formula is C16H18S4. The third-order valence-electron chi connectivity index (χ3n) is 2.82. The summed E-state index contributed by atoms with van der Waals surface area (Å²) in [6.45, 7) is 4.26. The standard InChI is InChI=1S/C16H18S4/c1-13-3-7-15(8-4-13)11-17-19-20-18-12-16-9-5-14(2)6-10-16/h3-10H,11-12H2,1-2H3. The fourth-order valence-electron chi connectivity index (χ4n) is 1.59. The molecule has 0 atom stereocenters. The molecule has 0 aliphatic heterocycles. The number of hydrogen-bond donors (Lipinski definition) is 0. The van der Waals surface area contributed by atoms with Crippen LogP contribution in [0.25, 0.3) is 0 Å².